The van der Waals surface area contributed by atoms with Crippen molar-refractivity contribution in [2.45, 2.75) is 18.1 Å². The lowest BCUT2D eigenvalue weighted by atomic mass is 9.72. The zero-order valence-corrected chi connectivity index (χ0v) is 18.0. The van der Waals surface area contributed by atoms with Gasteiger partial charge < -0.3 is 4.74 Å². The quantitative estimate of drug-likeness (QED) is 0.320. The van der Waals surface area contributed by atoms with Crippen LogP contribution in [0.3, 0.4) is 0 Å². The van der Waals surface area contributed by atoms with E-state index >= 15 is 0 Å². The average molecular weight is 413 g/mol. The Bertz CT molecular complexity index is 1320. The lowest BCUT2D eigenvalue weighted by Crippen LogP contribution is -2.27. The normalized spacial score (nSPS) is 23.7. The van der Waals surface area contributed by atoms with Crippen LogP contribution in [0.15, 0.2) is 127 Å². The van der Waals surface area contributed by atoms with Gasteiger partial charge in [-0.25, -0.2) is 0 Å². The minimum atomic E-state index is -0.643. The number of ether oxygens (including phenoxy) is 1. The van der Waals surface area contributed by atoms with Gasteiger partial charge in [0.2, 0.25) is 0 Å². The van der Waals surface area contributed by atoms with Gasteiger partial charge in [-0.3, -0.25) is 0 Å². The van der Waals surface area contributed by atoms with Gasteiger partial charge in [0.1, 0.15) is 11.2 Å². The fourth-order valence-electron chi connectivity index (χ4n) is 5.21. The van der Waals surface area contributed by atoms with E-state index in [1.807, 2.05) is 0 Å². The van der Waals surface area contributed by atoms with E-state index in [4.69, 9.17) is 4.74 Å². The van der Waals surface area contributed by atoms with Crippen molar-refractivity contribution < 1.29 is 4.74 Å². The molecule has 154 valence electrons. The van der Waals surface area contributed by atoms with Crippen LogP contribution in [0.2, 0.25) is 0 Å². The monoisotopic (exact) mass is 412 g/mol. The summed E-state index contributed by atoms with van der Waals surface area (Å²) in [4.78, 5) is 0. The zero-order valence-electron chi connectivity index (χ0n) is 18.0. The first-order chi connectivity index (χ1) is 15.7. The molecule has 0 aliphatic carbocycles. The first kappa shape index (κ1) is 19.0. The first-order valence-electron chi connectivity index (χ1n) is 11.1. The maximum absolute atomic E-state index is 7.21. The second-order valence-electron chi connectivity index (χ2n) is 8.62. The molecule has 0 saturated carbocycles. The van der Waals surface area contributed by atoms with Crippen molar-refractivity contribution in [3.63, 3.8) is 0 Å². The van der Waals surface area contributed by atoms with E-state index in [-0.39, 0.29) is 0 Å². The standard InChI is InChI=1S/C31H24O/c1-23-17-19-27(20-18-23)31-22-21-30(32-31,26-15-9-4-10-16-26)28(24-11-5-2-6-12-24)29(31)25-13-7-3-8-14-25/h2-22H,1H3. The zero-order chi connectivity index (χ0) is 21.6. The van der Waals surface area contributed by atoms with Gasteiger partial charge in [-0.1, -0.05) is 121 Å². The summed E-state index contributed by atoms with van der Waals surface area (Å²) in [6.07, 6.45) is 4.52. The Labute approximate surface area is 189 Å². The molecule has 2 aliphatic heterocycles. The Balaban J connectivity index is 1.72. The third kappa shape index (κ3) is 2.68. The minimum Gasteiger partial charge on any atom is -0.341 e. The third-order valence-electron chi connectivity index (χ3n) is 6.68. The lowest BCUT2D eigenvalue weighted by molar-refractivity contribution is -0.0135. The summed E-state index contributed by atoms with van der Waals surface area (Å²) in [6.45, 7) is 2.12. The van der Waals surface area contributed by atoms with Crippen molar-refractivity contribution in [3.8, 4) is 0 Å². The Morgan fingerprint density at radius 2 is 0.875 bits per heavy atom. The van der Waals surface area contributed by atoms with Crippen molar-refractivity contribution in [1.29, 1.82) is 0 Å². The molecule has 0 amide bonds. The summed E-state index contributed by atoms with van der Waals surface area (Å²) in [5, 5.41) is 0. The minimum absolute atomic E-state index is 0.640. The van der Waals surface area contributed by atoms with Crippen LogP contribution in [-0.4, -0.2) is 0 Å². The number of hydrogen-bond donors (Lipinski definition) is 0. The van der Waals surface area contributed by atoms with Gasteiger partial charge in [0.15, 0.2) is 0 Å². The first-order valence-corrected chi connectivity index (χ1v) is 11.1. The van der Waals surface area contributed by atoms with Crippen molar-refractivity contribution in [3.05, 3.63) is 155 Å². The molecule has 4 aromatic rings. The number of rotatable bonds is 4. The van der Waals surface area contributed by atoms with Crippen LogP contribution < -0.4 is 0 Å². The van der Waals surface area contributed by atoms with E-state index in [0.717, 1.165) is 11.1 Å². The molecule has 0 saturated heterocycles. The average Bonchev–Trinajstić information content (AvgIpc) is 3.40. The molecule has 1 heteroatoms. The fourth-order valence-corrected chi connectivity index (χ4v) is 5.21. The molecule has 32 heavy (non-hydrogen) atoms. The molecular formula is C31H24O. The van der Waals surface area contributed by atoms with Crippen molar-refractivity contribution in [2.75, 3.05) is 0 Å². The largest absolute Gasteiger partial charge is 0.341 e. The number of fused-ring (bicyclic) bond motifs is 2. The van der Waals surface area contributed by atoms with Gasteiger partial charge in [0.25, 0.3) is 0 Å². The molecular weight excluding hydrogens is 388 g/mol. The van der Waals surface area contributed by atoms with E-state index in [1.165, 1.54) is 27.8 Å². The van der Waals surface area contributed by atoms with E-state index < -0.39 is 11.2 Å². The highest BCUT2D eigenvalue weighted by Gasteiger charge is 2.59. The van der Waals surface area contributed by atoms with E-state index in [1.54, 1.807) is 0 Å². The van der Waals surface area contributed by atoms with Crippen LogP contribution in [-0.2, 0) is 15.9 Å². The maximum Gasteiger partial charge on any atom is 0.140 e. The van der Waals surface area contributed by atoms with Gasteiger partial charge in [-0.15, -0.1) is 0 Å². The van der Waals surface area contributed by atoms with Crippen LogP contribution in [0.25, 0.3) is 11.1 Å². The molecule has 1 nitrogen and oxygen atoms in total. The topological polar surface area (TPSA) is 9.23 Å². The molecule has 0 aromatic heterocycles. The van der Waals surface area contributed by atoms with E-state index in [0.29, 0.717) is 0 Å². The Morgan fingerprint density at radius 3 is 1.34 bits per heavy atom. The molecule has 2 atom stereocenters. The summed E-state index contributed by atoms with van der Waals surface area (Å²) >= 11 is 0. The van der Waals surface area contributed by atoms with Gasteiger partial charge in [0.05, 0.1) is 0 Å². The summed E-state index contributed by atoms with van der Waals surface area (Å²) in [5.41, 5.74) is 7.08. The second-order valence-corrected chi connectivity index (χ2v) is 8.62. The lowest BCUT2D eigenvalue weighted by Gasteiger charge is -2.29. The van der Waals surface area contributed by atoms with Crippen LogP contribution in [0.4, 0.5) is 0 Å². The van der Waals surface area contributed by atoms with Crippen molar-refractivity contribution in [2.24, 2.45) is 0 Å². The third-order valence-corrected chi connectivity index (χ3v) is 6.68. The Hall–Kier alpha value is -3.68. The predicted octanol–water partition coefficient (Wildman–Crippen LogP) is 7.30. The maximum atomic E-state index is 7.21. The van der Waals surface area contributed by atoms with Gasteiger partial charge in [-0.05, 0) is 41.3 Å². The molecule has 0 radical (unpaired) electrons. The molecule has 2 bridgehead atoms. The molecule has 4 aromatic carbocycles. The number of hydrogen-bond acceptors (Lipinski definition) is 1. The summed E-state index contributed by atoms with van der Waals surface area (Å²) < 4.78 is 7.21. The van der Waals surface area contributed by atoms with Crippen molar-refractivity contribution in [1.82, 2.24) is 0 Å². The van der Waals surface area contributed by atoms with Crippen LogP contribution in [0, 0.1) is 6.92 Å². The van der Waals surface area contributed by atoms with Crippen molar-refractivity contribution >= 4 is 11.1 Å². The highest BCUT2D eigenvalue weighted by atomic mass is 16.5. The molecule has 0 spiro atoms. The van der Waals surface area contributed by atoms with E-state index in [9.17, 15) is 0 Å². The Morgan fingerprint density at radius 1 is 0.469 bits per heavy atom. The smallest absolute Gasteiger partial charge is 0.140 e. The van der Waals surface area contributed by atoms with Gasteiger partial charge in [-0.2, -0.15) is 0 Å². The highest BCUT2D eigenvalue weighted by molar-refractivity contribution is 6.04. The van der Waals surface area contributed by atoms with E-state index in [2.05, 4.69) is 134 Å². The number of benzene rings is 4. The van der Waals surface area contributed by atoms with Crippen LogP contribution in [0.5, 0.6) is 0 Å². The molecule has 2 aliphatic rings. The molecule has 0 N–H and O–H groups in total. The Kier molecular flexibility index (Phi) is 4.28. The van der Waals surface area contributed by atoms with Crippen LogP contribution >= 0.6 is 0 Å². The highest BCUT2D eigenvalue weighted by Crippen LogP contribution is 2.65. The molecule has 0 fully saturated rings. The number of aryl methyl sites for hydroxylation is 1. The fraction of sp³-hybridized carbons (Fsp3) is 0.0968. The molecule has 2 heterocycles. The second kappa shape index (κ2) is 7.19. The van der Waals surface area contributed by atoms with Gasteiger partial charge >= 0.3 is 0 Å². The summed E-state index contributed by atoms with van der Waals surface area (Å²) in [6, 6.07) is 40.7. The molecule has 6 rings (SSSR count). The predicted molar refractivity (Wildman–Crippen MR) is 131 cm³/mol. The van der Waals surface area contributed by atoms with Crippen LogP contribution in [0.1, 0.15) is 27.8 Å². The summed E-state index contributed by atoms with van der Waals surface area (Å²) in [5.74, 6) is 0. The van der Waals surface area contributed by atoms with Gasteiger partial charge in [0, 0.05) is 11.1 Å². The summed E-state index contributed by atoms with van der Waals surface area (Å²) in [7, 11) is 0. The SMILES string of the molecule is Cc1ccc(C23C=CC(c4ccccc4)(O2)C(c2ccccc2)=C3c2ccccc2)cc1. The molecule has 2 unspecified atom stereocenters.